The van der Waals surface area contributed by atoms with Crippen molar-refractivity contribution in [1.82, 2.24) is 10.6 Å². The average molecular weight is 271 g/mol. The van der Waals surface area contributed by atoms with Crippen molar-refractivity contribution >= 4 is 23.2 Å². The molecule has 0 radical (unpaired) electrons. The third-order valence-electron chi connectivity index (χ3n) is 4.00. The Balaban J connectivity index is 1.50. The van der Waals surface area contributed by atoms with Gasteiger partial charge in [-0.2, -0.15) is 0 Å². The van der Waals surface area contributed by atoms with Crippen LogP contribution in [0, 0.1) is 17.8 Å². The molecule has 4 heteroatoms. The lowest BCUT2D eigenvalue weighted by Gasteiger charge is -2.09. The van der Waals surface area contributed by atoms with E-state index in [2.05, 4.69) is 10.6 Å². The molecule has 2 N–H and O–H groups in total. The van der Waals surface area contributed by atoms with Crippen molar-refractivity contribution in [3.05, 3.63) is 33.8 Å². The Labute approximate surface area is 112 Å². The van der Waals surface area contributed by atoms with Crippen LogP contribution in [0.2, 0.25) is 10.0 Å². The first-order valence-corrected chi connectivity index (χ1v) is 6.87. The Morgan fingerprint density at radius 1 is 1.24 bits per heavy atom. The highest BCUT2D eigenvalue weighted by atomic mass is 35.5. The van der Waals surface area contributed by atoms with Crippen LogP contribution in [-0.4, -0.2) is 19.6 Å². The largest absolute Gasteiger partial charge is 0.316 e. The Morgan fingerprint density at radius 3 is 2.76 bits per heavy atom. The predicted octanol–water partition coefficient (Wildman–Crippen LogP) is 2.55. The zero-order valence-electron chi connectivity index (χ0n) is 9.55. The van der Waals surface area contributed by atoms with E-state index in [0.717, 1.165) is 36.4 Å². The summed E-state index contributed by atoms with van der Waals surface area (Å²) < 4.78 is 0. The van der Waals surface area contributed by atoms with Gasteiger partial charge in [-0.25, -0.2) is 0 Å². The van der Waals surface area contributed by atoms with E-state index in [1.807, 2.05) is 18.2 Å². The van der Waals surface area contributed by atoms with Gasteiger partial charge < -0.3 is 10.6 Å². The Bertz CT molecular complexity index is 412. The van der Waals surface area contributed by atoms with Crippen LogP contribution in [0.15, 0.2) is 18.2 Å². The van der Waals surface area contributed by atoms with Crippen molar-refractivity contribution in [2.45, 2.75) is 6.54 Å². The Morgan fingerprint density at radius 2 is 2.00 bits per heavy atom. The fourth-order valence-electron chi connectivity index (χ4n) is 2.91. The summed E-state index contributed by atoms with van der Waals surface area (Å²) in [4.78, 5) is 0. The SMILES string of the molecule is Clc1cccc(CNCC2C3CNCC23)c1Cl. The molecule has 2 atom stereocenters. The molecule has 2 fully saturated rings. The molecule has 1 aromatic carbocycles. The van der Waals surface area contributed by atoms with Gasteiger partial charge in [-0.15, -0.1) is 0 Å². The van der Waals surface area contributed by atoms with Gasteiger partial charge >= 0.3 is 0 Å². The Kier molecular flexibility index (Phi) is 3.31. The zero-order valence-corrected chi connectivity index (χ0v) is 11.1. The molecule has 1 aliphatic carbocycles. The molecule has 17 heavy (non-hydrogen) atoms. The molecule has 0 amide bonds. The molecule has 1 aliphatic heterocycles. The molecule has 2 unspecified atom stereocenters. The highest BCUT2D eigenvalue weighted by Crippen LogP contribution is 2.48. The number of rotatable bonds is 4. The third-order valence-corrected chi connectivity index (χ3v) is 4.85. The van der Waals surface area contributed by atoms with Crippen molar-refractivity contribution in [1.29, 1.82) is 0 Å². The fraction of sp³-hybridized carbons (Fsp3) is 0.538. The summed E-state index contributed by atoms with van der Waals surface area (Å²) in [5, 5.41) is 8.22. The van der Waals surface area contributed by atoms with Crippen LogP contribution in [0.1, 0.15) is 5.56 Å². The van der Waals surface area contributed by atoms with E-state index in [0.29, 0.717) is 10.0 Å². The first-order valence-electron chi connectivity index (χ1n) is 6.11. The van der Waals surface area contributed by atoms with Crippen LogP contribution in [0.4, 0.5) is 0 Å². The summed E-state index contributed by atoms with van der Waals surface area (Å²) in [5.74, 6) is 2.70. The number of piperidine rings is 1. The minimum Gasteiger partial charge on any atom is -0.316 e. The zero-order chi connectivity index (χ0) is 11.8. The van der Waals surface area contributed by atoms with Gasteiger partial charge in [0.05, 0.1) is 10.0 Å². The summed E-state index contributed by atoms with van der Waals surface area (Å²) in [7, 11) is 0. The van der Waals surface area contributed by atoms with E-state index in [4.69, 9.17) is 23.2 Å². The third kappa shape index (κ3) is 2.32. The second kappa shape index (κ2) is 4.77. The number of fused-ring (bicyclic) bond motifs is 1. The fourth-order valence-corrected chi connectivity index (χ4v) is 3.29. The van der Waals surface area contributed by atoms with Gasteiger partial charge in [0.25, 0.3) is 0 Å². The van der Waals surface area contributed by atoms with Crippen molar-refractivity contribution in [2.24, 2.45) is 17.8 Å². The molecule has 3 rings (SSSR count). The number of hydrogen-bond donors (Lipinski definition) is 2. The van der Waals surface area contributed by atoms with Crippen LogP contribution in [0.25, 0.3) is 0 Å². The Hall–Kier alpha value is -0.280. The summed E-state index contributed by atoms with van der Waals surface area (Å²) in [6, 6.07) is 5.79. The van der Waals surface area contributed by atoms with E-state index >= 15 is 0 Å². The summed E-state index contributed by atoms with van der Waals surface area (Å²) in [6.45, 7) is 4.31. The standard InChI is InChI=1S/C13H16Cl2N2/c14-12-3-1-2-8(13(12)15)4-16-5-9-10-6-17-7-11(9)10/h1-3,9-11,16-17H,4-7H2. The van der Waals surface area contributed by atoms with Gasteiger partial charge in [0.1, 0.15) is 0 Å². The molecule has 0 spiro atoms. The number of halogens is 2. The van der Waals surface area contributed by atoms with Crippen LogP contribution < -0.4 is 10.6 Å². The predicted molar refractivity (Wildman–Crippen MR) is 71.5 cm³/mol. The molecule has 2 aliphatic rings. The molecular formula is C13H16Cl2N2. The lowest BCUT2D eigenvalue weighted by Crippen LogP contribution is -2.23. The second-order valence-corrected chi connectivity index (χ2v) is 5.78. The summed E-state index contributed by atoms with van der Waals surface area (Å²) in [6.07, 6.45) is 0. The quantitative estimate of drug-likeness (QED) is 0.879. The topological polar surface area (TPSA) is 24.1 Å². The minimum atomic E-state index is 0.637. The lowest BCUT2D eigenvalue weighted by molar-refractivity contribution is 0.539. The molecule has 1 aromatic rings. The number of hydrogen-bond acceptors (Lipinski definition) is 2. The normalized spacial score (nSPS) is 30.4. The number of nitrogens with one attached hydrogen (secondary N) is 2. The van der Waals surface area contributed by atoms with Gasteiger partial charge in [0.15, 0.2) is 0 Å². The smallest absolute Gasteiger partial charge is 0.0637 e. The van der Waals surface area contributed by atoms with E-state index < -0.39 is 0 Å². The van der Waals surface area contributed by atoms with Crippen molar-refractivity contribution in [3.63, 3.8) is 0 Å². The second-order valence-electron chi connectivity index (χ2n) is 4.99. The van der Waals surface area contributed by atoms with Crippen LogP contribution in [0.3, 0.4) is 0 Å². The highest BCUT2D eigenvalue weighted by molar-refractivity contribution is 6.42. The van der Waals surface area contributed by atoms with Crippen LogP contribution in [0.5, 0.6) is 0 Å². The molecular weight excluding hydrogens is 255 g/mol. The van der Waals surface area contributed by atoms with Crippen molar-refractivity contribution < 1.29 is 0 Å². The van der Waals surface area contributed by atoms with Gasteiger partial charge in [0, 0.05) is 6.54 Å². The molecule has 1 heterocycles. The molecule has 0 aromatic heterocycles. The van der Waals surface area contributed by atoms with Gasteiger partial charge in [-0.1, -0.05) is 35.3 Å². The summed E-state index contributed by atoms with van der Waals surface area (Å²) >= 11 is 12.1. The van der Waals surface area contributed by atoms with E-state index in [1.54, 1.807) is 0 Å². The van der Waals surface area contributed by atoms with Crippen molar-refractivity contribution in [2.75, 3.05) is 19.6 Å². The molecule has 0 bridgehead atoms. The minimum absolute atomic E-state index is 0.637. The van der Waals surface area contributed by atoms with Gasteiger partial charge in [0.2, 0.25) is 0 Å². The van der Waals surface area contributed by atoms with Crippen LogP contribution in [-0.2, 0) is 6.54 Å². The van der Waals surface area contributed by atoms with E-state index in [-0.39, 0.29) is 0 Å². The highest BCUT2D eigenvalue weighted by Gasteiger charge is 2.51. The van der Waals surface area contributed by atoms with Crippen LogP contribution >= 0.6 is 23.2 Å². The van der Waals surface area contributed by atoms with E-state index in [1.165, 1.54) is 13.1 Å². The monoisotopic (exact) mass is 270 g/mol. The lowest BCUT2D eigenvalue weighted by atomic mass is 10.2. The van der Waals surface area contributed by atoms with Gasteiger partial charge in [-0.3, -0.25) is 0 Å². The summed E-state index contributed by atoms with van der Waals surface area (Å²) in [5.41, 5.74) is 1.09. The van der Waals surface area contributed by atoms with E-state index in [9.17, 15) is 0 Å². The molecule has 1 saturated carbocycles. The maximum absolute atomic E-state index is 6.14. The molecule has 1 saturated heterocycles. The first-order chi connectivity index (χ1) is 8.27. The maximum atomic E-state index is 6.14. The maximum Gasteiger partial charge on any atom is 0.0637 e. The van der Waals surface area contributed by atoms with Crippen molar-refractivity contribution in [3.8, 4) is 0 Å². The molecule has 92 valence electrons. The number of benzene rings is 1. The van der Waals surface area contributed by atoms with Gasteiger partial charge in [-0.05, 0) is 49.0 Å². The molecule has 2 nitrogen and oxygen atoms in total. The average Bonchev–Trinajstić information content (AvgIpc) is 2.76. The first kappa shape index (κ1) is 11.8.